The maximum atomic E-state index is 13.0. The number of hydrogen-bond acceptors (Lipinski definition) is 9. The van der Waals surface area contributed by atoms with Gasteiger partial charge < -0.3 is 39.4 Å². The van der Waals surface area contributed by atoms with Gasteiger partial charge in [0.05, 0.1) is 13.2 Å². The highest BCUT2D eigenvalue weighted by Gasteiger charge is 2.42. The number of Topliss-reactive ketones (excluding diaryl/α,β-unsaturated/α-hetero) is 1. The number of ketones is 1. The summed E-state index contributed by atoms with van der Waals surface area (Å²) in [5.41, 5.74) is -2.15. The zero-order valence-electron chi connectivity index (χ0n) is 19.6. The molecule has 0 amide bonds. The summed E-state index contributed by atoms with van der Waals surface area (Å²) in [6, 6.07) is 13.8. The van der Waals surface area contributed by atoms with E-state index >= 15 is 0 Å². The molecule has 34 heavy (non-hydrogen) atoms. The second-order valence-electron chi connectivity index (χ2n) is 8.29. The lowest BCUT2D eigenvalue weighted by molar-refractivity contribution is -0.153. The van der Waals surface area contributed by atoms with E-state index in [-0.39, 0.29) is 52.9 Å². The van der Waals surface area contributed by atoms with Crippen molar-refractivity contribution in [2.45, 2.75) is 37.9 Å². The van der Waals surface area contributed by atoms with Crippen molar-refractivity contribution in [2.75, 3.05) is 40.0 Å². The van der Waals surface area contributed by atoms with Crippen LogP contribution in [0.2, 0.25) is 0 Å². The van der Waals surface area contributed by atoms with Crippen LogP contribution in [0.15, 0.2) is 48.5 Å². The highest BCUT2D eigenvalue weighted by Crippen LogP contribution is 2.26. The van der Waals surface area contributed by atoms with Crippen LogP contribution in [0.25, 0.3) is 0 Å². The second kappa shape index (κ2) is 13.4. The van der Waals surface area contributed by atoms with Crippen LogP contribution in [-0.2, 0) is 27.1 Å². The molecule has 0 aliphatic carbocycles. The van der Waals surface area contributed by atoms with Gasteiger partial charge in [-0.25, -0.2) is 0 Å². The molecule has 0 spiro atoms. The second-order valence-corrected chi connectivity index (χ2v) is 8.29. The van der Waals surface area contributed by atoms with Gasteiger partial charge in [-0.3, -0.25) is 4.79 Å². The van der Waals surface area contributed by atoms with Gasteiger partial charge in [-0.15, -0.1) is 0 Å². The standard InChI is InChI=1S/C25H34O9/c1-24(29,15-19-3-7-21(8-4-19)33-13-11-31-17-26)23(28)25(2,30)16-20-5-9-22(10-6-20)34-14-12-32-18-27/h3-10,26-27,29-30H,11-18H2,1-2H3. The number of aliphatic hydroxyl groups excluding tert-OH is 2. The summed E-state index contributed by atoms with van der Waals surface area (Å²) in [7, 11) is 0. The summed E-state index contributed by atoms with van der Waals surface area (Å²) < 4.78 is 20.5. The molecule has 2 aromatic rings. The molecule has 0 radical (unpaired) electrons. The molecule has 188 valence electrons. The summed E-state index contributed by atoms with van der Waals surface area (Å²) in [5.74, 6) is 0.510. The van der Waals surface area contributed by atoms with Gasteiger partial charge >= 0.3 is 0 Å². The Labute approximate surface area is 199 Å². The zero-order valence-corrected chi connectivity index (χ0v) is 19.6. The van der Waals surface area contributed by atoms with E-state index in [1.165, 1.54) is 13.8 Å². The van der Waals surface area contributed by atoms with Gasteiger partial charge in [0.25, 0.3) is 0 Å². The minimum Gasteiger partial charge on any atom is -0.491 e. The molecule has 0 aliphatic rings. The fraction of sp³-hybridized carbons (Fsp3) is 0.480. The molecule has 2 aromatic carbocycles. The van der Waals surface area contributed by atoms with Gasteiger partial charge in [0.2, 0.25) is 0 Å². The minimum atomic E-state index is -1.78. The van der Waals surface area contributed by atoms with Crippen molar-refractivity contribution in [3.8, 4) is 11.5 Å². The van der Waals surface area contributed by atoms with Crippen LogP contribution in [0.1, 0.15) is 25.0 Å². The lowest BCUT2D eigenvalue weighted by atomic mass is 9.80. The van der Waals surface area contributed by atoms with Crippen molar-refractivity contribution in [3.05, 3.63) is 59.7 Å². The first kappa shape index (κ1) is 27.7. The highest BCUT2D eigenvalue weighted by atomic mass is 16.6. The molecule has 0 saturated carbocycles. The molecule has 0 aliphatic heterocycles. The number of benzene rings is 2. The molecule has 0 saturated heterocycles. The van der Waals surface area contributed by atoms with E-state index in [2.05, 4.69) is 0 Å². The number of aliphatic hydroxyl groups is 4. The van der Waals surface area contributed by atoms with E-state index in [0.29, 0.717) is 22.6 Å². The topological polar surface area (TPSA) is 135 Å². The monoisotopic (exact) mass is 478 g/mol. The Morgan fingerprint density at radius 2 is 1.03 bits per heavy atom. The molecule has 2 unspecified atom stereocenters. The Kier molecular flexibility index (Phi) is 10.9. The summed E-state index contributed by atoms with van der Waals surface area (Å²) >= 11 is 0. The summed E-state index contributed by atoms with van der Waals surface area (Å²) in [4.78, 5) is 13.0. The van der Waals surface area contributed by atoms with Crippen molar-refractivity contribution in [3.63, 3.8) is 0 Å². The average molecular weight is 479 g/mol. The van der Waals surface area contributed by atoms with Gasteiger partial charge in [0, 0.05) is 12.8 Å². The average Bonchev–Trinajstić information content (AvgIpc) is 2.81. The third-order valence-electron chi connectivity index (χ3n) is 5.10. The van der Waals surface area contributed by atoms with E-state index in [4.69, 9.17) is 29.2 Å². The lowest BCUT2D eigenvalue weighted by Gasteiger charge is -2.31. The smallest absolute Gasteiger partial charge is 0.195 e. The van der Waals surface area contributed by atoms with E-state index in [0.717, 1.165) is 0 Å². The Morgan fingerprint density at radius 1 is 0.676 bits per heavy atom. The van der Waals surface area contributed by atoms with Crippen molar-refractivity contribution in [2.24, 2.45) is 0 Å². The molecule has 0 aromatic heterocycles. The third-order valence-corrected chi connectivity index (χ3v) is 5.10. The number of carbonyl (C=O) groups is 1. The number of ether oxygens (including phenoxy) is 4. The maximum Gasteiger partial charge on any atom is 0.195 e. The van der Waals surface area contributed by atoms with Crippen LogP contribution < -0.4 is 9.47 Å². The van der Waals surface area contributed by atoms with Crippen LogP contribution in [-0.4, -0.2) is 77.4 Å². The molecule has 9 heteroatoms. The molecular weight excluding hydrogens is 444 g/mol. The summed E-state index contributed by atoms with van der Waals surface area (Å²) in [6.45, 7) is 3.14. The van der Waals surface area contributed by atoms with Crippen LogP contribution in [0.3, 0.4) is 0 Å². The fourth-order valence-electron chi connectivity index (χ4n) is 3.51. The Bertz CT molecular complexity index is 789. The van der Waals surface area contributed by atoms with Gasteiger partial charge in [-0.2, -0.15) is 0 Å². The van der Waals surface area contributed by atoms with Gasteiger partial charge in [0.1, 0.15) is 49.5 Å². The van der Waals surface area contributed by atoms with Crippen LogP contribution >= 0.6 is 0 Å². The molecule has 9 nitrogen and oxygen atoms in total. The Balaban J connectivity index is 1.92. The van der Waals surface area contributed by atoms with E-state index in [1.54, 1.807) is 48.5 Å². The lowest BCUT2D eigenvalue weighted by Crippen LogP contribution is -2.52. The first-order valence-corrected chi connectivity index (χ1v) is 11.0. The quantitative estimate of drug-likeness (QED) is 0.208. The van der Waals surface area contributed by atoms with Crippen LogP contribution in [0, 0.1) is 0 Å². The zero-order chi connectivity index (χ0) is 25.0. The van der Waals surface area contributed by atoms with Crippen LogP contribution in [0.5, 0.6) is 11.5 Å². The third kappa shape index (κ3) is 9.02. The maximum absolute atomic E-state index is 13.0. The molecule has 0 heterocycles. The van der Waals surface area contributed by atoms with Crippen molar-refractivity contribution in [1.29, 1.82) is 0 Å². The molecule has 2 atom stereocenters. The van der Waals surface area contributed by atoms with E-state index < -0.39 is 17.0 Å². The normalized spacial score (nSPS) is 14.8. The first-order chi connectivity index (χ1) is 16.2. The molecular formula is C25H34O9. The Morgan fingerprint density at radius 3 is 1.35 bits per heavy atom. The summed E-state index contributed by atoms with van der Waals surface area (Å²) in [6.07, 6.45) is 0.0527. The Hall–Kier alpha value is -2.53. The summed E-state index contributed by atoms with van der Waals surface area (Å²) in [5, 5.41) is 38.9. The molecule has 0 bridgehead atoms. The van der Waals surface area contributed by atoms with Crippen molar-refractivity contribution >= 4 is 5.78 Å². The van der Waals surface area contributed by atoms with Crippen molar-refractivity contribution < 1.29 is 44.2 Å². The number of rotatable bonds is 16. The minimum absolute atomic E-state index is 0.0264. The fourth-order valence-corrected chi connectivity index (χ4v) is 3.51. The van der Waals surface area contributed by atoms with Gasteiger partial charge in [0.15, 0.2) is 5.78 Å². The molecule has 4 N–H and O–H groups in total. The van der Waals surface area contributed by atoms with E-state index in [9.17, 15) is 15.0 Å². The highest BCUT2D eigenvalue weighted by molar-refractivity contribution is 5.94. The molecule has 2 rings (SSSR count). The predicted octanol–water partition coefficient (Wildman–Crippen LogP) is 1.23. The van der Waals surface area contributed by atoms with Crippen molar-refractivity contribution in [1.82, 2.24) is 0 Å². The molecule has 0 fully saturated rings. The van der Waals surface area contributed by atoms with Gasteiger partial charge in [-0.05, 0) is 49.2 Å². The first-order valence-electron chi connectivity index (χ1n) is 11.0. The van der Waals surface area contributed by atoms with Crippen LogP contribution in [0.4, 0.5) is 0 Å². The largest absolute Gasteiger partial charge is 0.491 e. The van der Waals surface area contributed by atoms with Gasteiger partial charge in [-0.1, -0.05) is 24.3 Å². The predicted molar refractivity (Wildman–Crippen MR) is 124 cm³/mol. The SMILES string of the molecule is CC(O)(Cc1ccc(OCCOCO)cc1)C(=O)C(C)(O)Cc1ccc(OCCOCO)cc1. The van der Waals surface area contributed by atoms with E-state index in [1.807, 2.05) is 0 Å². The number of hydrogen-bond donors (Lipinski definition) is 4. The number of carbonyl (C=O) groups excluding carboxylic acids is 1.